The molecular weight excluding hydrogens is 885 g/mol. The SMILES string of the molecule is CCCCCCCCCCCCCCC(O)CN(CCN(CC(O)CCCCCCCCCCCCCC)CC(O)CCCCCCCCCCCCCC)CC(O)CCCCCCCCCCCCCC. The fourth-order valence-electron chi connectivity index (χ4n) is 11.2. The lowest BCUT2D eigenvalue weighted by molar-refractivity contribution is 0.0345. The fourth-order valence-corrected chi connectivity index (χ4v) is 11.2. The van der Waals surface area contributed by atoms with Crippen LogP contribution >= 0.6 is 0 Å². The highest BCUT2D eigenvalue weighted by molar-refractivity contribution is 4.75. The van der Waals surface area contributed by atoms with E-state index >= 15 is 0 Å². The summed E-state index contributed by atoms with van der Waals surface area (Å²) in [6.07, 6.45) is 65.1. The standard InChI is InChI=1S/C66H136N2O4/c1-5-9-13-17-21-25-29-33-37-41-45-49-53-63(69)59-67(60-64(70)54-50-46-42-38-34-30-26-22-18-14-10-6-2)57-58-68(61-65(71)55-51-47-43-39-35-31-27-23-19-15-11-7-3)62-66(72)56-52-48-44-40-36-32-28-24-20-16-12-8-4/h63-66,69-72H,5-62H2,1-4H3. The molecule has 0 rings (SSSR count). The van der Waals surface area contributed by atoms with Gasteiger partial charge in [0, 0.05) is 39.3 Å². The van der Waals surface area contributed by atoms with E-state index in [1.54, 1.807) is 0 Å². The minimum Gasteiger partial charge on any atom is -0.392 e. The van der Waals surface area contributed by atoms with Crippen molar-refractivity contribution in [3.05, 3.63) is 0 Å². The first-order chi connectivity index (χ1) is 35.4. The van der Waals surface area contributed by atoms with Crippen LogP contribution in [0.2, 0.25) is 0 Å². The molecular formula is C66H136N2O4. The van der Waals surface area contributed by atoms with E-state index in [1.807, 2.05) is 0 Å². The van der Waals surface area contributed by atoms with Gasteiger partial charge in [0.2, 0.25) is 0 Å². The van der Waals surface area contributed by atoms with Gasteiger partial charge in [0.25, 0.3) is 0 Å². The quantitative estimate of drug-likeness (QED) is 0.0454. The zero-order valence-electron chi connectivity index (χ0n) is 50.0. The molecule has 0 bridgehead atoms. The molecule has 4 N–H and O–H groups in total. The molecule has 4 unspecified atom stereocenters. The second-order valence-electron chi connectivity index (χ2n) is 23.8. The van der Waals surface area contributed by atoms with E-state index in [4.69, 9.17) is 0 Å². The highest BCUT2D eigenvalue weighted by Gasteiger charge is 2.20. The van der Waals surface area contributed by atoms with Gasteiger partial charge >= 0.3 is 0 Å². The van der Waals surface area contributed by atoms with E-state index in [2.05, 4.69) is 37.5 Å². The Bertz CT molecular complexity index is 837. The summed E-state index contributed by atoms with van der Waals surface area (Å²) in [5, 5.41) is 45.6. The summed E-state index contributed by atoms with van der Waals surface area (Å²) in [7, 11) is 0. The maximum absolute atomic E-state index is 11.4. The second kappa shape index (κ2) is 60.0. The van der Waals surface area contributed by atoms with Crippen molar-refractivity contribution in [3.8, 4) is 0 Å². The molecule has 6 nitrogen and oxygen atoms in total. The Morgan fingerprint density at radius 1 is 0.194 bits per heavy atom. The third kappa shape index (κ3) is 56.0. The molecule has 0 fully saturated rings. The van der Waals surface area contributed by atoms with Gasteiger partial charge in [0.1, 0.15) is 0 Å². The largest absolute Gasteiger partial charge is 0.392 e. The lowest BCUT2D eigenvalue weighted by Crippen LogP contribution is -2.45. The molecule has 0 aliphatic heterocycles. The predicted molar refractivity (Wildman–Crippen MR) is 320 cm³/mol. The molecule has 4 atom stereocenters. The number of aliphatic hydroxyl groups is 4. The topological polar surface area (TPSA) is 87.4 Å². The van der Waals surface area contributed by atoms with Crippen LogP contribution in [0.15, 0.2) is 0 Å². The van der Waals surface area contributed by atoms with Gasteiger partial charge in [-0.05, 0) is 25.7 Å². The summed E-state index contributed by atoms with van der Waals surface area (Å²) in [5.74, 6) is 0. The fraction of sp³-hybridized carbons (Fsp3) is 1.00. The van der Waals surface area contributed by atoms with Crippen LogP contribution in [0.5, 0.6) is 0 Å². The van der Waals surface area contributed by atoms with Gasteiger partial charge in [-0.15, -0.1) is 0 Å². The van der Waals surface area contributed by atoms with Crippen molar-refractivity contribution >= 4 is 0 Å². The van der Waals surface area contributed by atoms with E-state index in [0.717, 1.165) is 64.5 Å². The normalized spacial score (nSPS) is 13.8. The van der Waals surface area contributed by atoms with Gasteiger partial charge in [-0.25, -0.2) is 0 Å². The Kier molecular flexibility index (Phi) is 59.8. The van der Waals surface area contributed by atoms with Crippen molar-refractivity contribution < 1.29 is 20.4 Å². The van der Waals surface area contributed by atoms with Crippen LogP contribution in [0.4, 0.5) is 0 Å². The number of nitrogens with zero attached hydrogens (tertiary/aromatic N) is 2. The average molecular weight is 1020 g/mol. The minimum atomic E-state index is -0.395. The van der Waals surface area contributed by atoms with E-state index in [9.17, 15) is 20.4 Å². The number of hydrogen-bond acceptors (Lipinski definition) is 6. The van der Waals surface area contributed by atoms with Crippen LogP contribution in [0.3, 0.4) is 0 Å². The summed E-state index contributed by atoms with van der Waals surface area (Å²) in [6, 6.07) is 0. The highest BCUT2D eigenvalue weighted by atomic mass is 16.3. The predicted octanol–water partition coefficient (Wildman–Crippen LogP) is 19.4. The number of aliphatic hydroxyl groups excluding tert-OH is 4. The van der Waals surface area contributed by atoms with Gasteiger partial charge in [0.05, 0.1) is 24.4 Å². The van der Waals surface area contributed by atoms with E-state index < -0.39 is 24.4 Å². The molecule has 0 saturated carbocycles. The number of unbranched alkanes of at least 4 members (excludes halogenated alkanes) is 44. The van der Waals surface area contributed by atoms with Crippen molar-refractivity contribution in [3.63, 3.8) is 0 Å². The first kappa shape index (κ1) is 71.8. The van der Waals surface area contributed by atoms with Crippen LogP contribution in [0.25, 0.3) is 0 Å². The highest BCUT2D eigenvalue weighted by Crippen LogP contribution is 2.19. The molecule has 0 aromatic carbocycles. The van der Waals surface area contributed by atoms with Gasteiger partial charge in [0.15, 0.2) is 0 Å². The lowest BCUT2D eigenvalue weighted by Gasteiger charge is -2.32. The van der Waals surface area contributed by atoms with Crippen LogP contribution in [0, 0.1) is 0 Å². The van der Waals surface area contributed by atoms with Crippen LogP contribution in [-0.2, 0) is 0 Å². The Hall–Kier alpha value is -0.240. The van der Waals surface area contributed by atoms with Gasteiger partial charge in [-0.2, -0.15) is 0 Å². The zero-order chi connectivity index (χ0) is 52.5. The molecule has 434 valence electrons. The monoisotopic (exact) mass is 1020 g/mol. The van der Waals surface area contributed by atoms with Crippen molar-refractivity contribution in [2.75, 3.05) is 39.3 Å². The Labute approximate surface area is 453 Å². The summed E-state index contributed by atoms with van der Waals surface area (Å²) in [4.78, 5) is 4.64. The maximum atomic E-state index is 11.4. The molecule has 0 saturated heterocycles. The maximum Gasteiger partial charge on any atom is 0.0667 e. The molecule has 0 aromatic heterocycles. The molecule has 72 heavy (non-hydrogen) atoms. The Morgan fingerprint density at radius 3 is 0.458 bits per heavy atom. The van der Waals surface area contributed by atoms with E-state index in [1.165, 1.54) is 283 Å². The van der Waals surface area contributed by atoms with Crippen molar-refractivity contribution in [2.45, 2.75) is 386 Å². The van der Waals surface area contributed by atoms with Gasteiger partial charge < -0.3 is 20.4 Å². The van der Waals surface area contributed by atoms with Crippen LogP contribution < -0.4 is 0 Å². The lowest BCUT2D eigenvalue weighted by atomic mass is 10.0. The van der Waals surface area contributed by atoms with Crippen LogP contribution in [-0.4, -0.2) is 93.9 Å². The molecule has 0 heterocycles. The summed E-state index contributed by atoms with van der Waals surface area (Å²) < 4.78 is 0. The van der Waals surface area contributed by atoms with E-state index in [0.29, 0.717) is 26.2 Å². The third-order valence-electron chi connectivity index (χ3n) is 16.2. The minimum absolute atomic E-state index is 0.395. The number of rotatable bonds is 63. The average Bonchev–Trinajstić information content (AvgIpc) is 3.36. The van der Waals surface area contributed by atoms with Gasteiger partial charge in [-0.3, -0.25) is 9.80 Å². The molecule has 0 aliphatic rings. The first-order valence-corrected chi connectivity index (χ1v) is 33.5. The third-order valence-corrected chi connectivity index (χ3v) is 16.2. The Balaban J connectivity index is 5.25. The number of hydrogen-bond donors (Lipinski definition) is 4. The molecule has 0 amide bonds. The van der Waals surface area contributed by atoms with Crippen molar-refractivity contribution in [1.29, 1.82) is 0 Å². The summed E-state index contributed by atoms with van der Waals surface area (Å²) in [5.41, 5.74) is 0. The van der Waals surface area contributed by atoms with Crippen molar-refractivity contribution in [1.82, 2.24) is 9.80 Å². The van der Waals surface area contributed by atoms with Crippen LogP contribution in [0.1, 0.15) is 362 Å². The molecule has 0 spiro atoms. The smallest absolute Gasteiger partial charge is 0.0667 e. The van der Waals surface area contributed by atoms with Gasteiger partial charge in [-0.1, -0.05) is 336 Å². The molecule has 0 aliphatic carbocycles. The van der Waals surface area contributed by atoms with Crippen molar-refractivity contribution in [2.24, 2.45) is 0 Å². The first-order valence-electron chi connectivity index (χ1n) is 33.5. The molecule has 0 radical (unpaired) electrons. The Morgan fingerprint density at radius 2 is 0.319 bits per heavy atom. The second-order valence-corrected chi connectivity index (χ2v) is 23.8. The summed E-state index contributed by atoms with van der Waals surface area (Å²) >= 11 is 0. The zero-order valence-corrected chi connectivity index (χ0v) is 50.0. The molecule has 0 aromatic rings. The van der Waals surface area contributed by atoms with E-state index in [-0.39, 0.29) is 0 Å². The molecule has 6 heteroatoms. The summed E-state index contributed by atoms with van der Waals surface area (Å²) in [6.45, 7) is 13.0.